The van der Waals surface area contributed by atoms with Gasteiger partial charge in [0.2, 0.25) is 10.0 Å². The zero-order valence-corrected chi connectivity index (χ0v) is 14.8. The molecule has 2 aromatic rings. The van der Waals surface area contributed by atoms with Crippen LogP contribution in [0, 0.1) is 6.92 Å². The van der Waals surface area contributed by atoms with Gasteiger partial charge in [0.25, 0.3) is 0 Å². The Morgan fingerprint density at radius 2 is 2.00 bits per heavy atom. The molecule has 1 aromatic heterocycles. The summed E-state index contributed by atoms with van der Waals surface area (Å²) in [7, 11) is -3.28. The van der Waals surface area contributed by atoms with Crippen molar-refractivity contribution in [2.24, 2.45) is 0 Å². The van der Waals surface area contributed by atoms with E-state index in [4.69, 9.17) is 4.42 Å². The molecule has 124 valence electrons. The van der Waals surface area contributed by atoms with Crippen molar-refractivity contribution >= 4 is 21.8 Å². The van der Waals surface area contributed by atoms with E-state index in [1.54, 1.807) is 22.3 Å². The number of hydrogen-bond acceptors (Lipinski definition) is 4. The Bertz CT molecular complexity index is 724. The van der Waals surface area contributed by atoms with Gasteiger partial charge in [-0.15, -0.1) is 11.8 Å². The molecule has 6 heteroatoms. The molecule has 1 aromatic carbocycles. The third-order valence-corrected chi connectivity index (χ3v) is 7.16. The average Bonchev–Trinajstić information content (AvgIpc) is 2.93. The standard InChI is InChI=1S/C17H21NO3S2/c1-14-4-6-15(7-5-14)13-23(19,20)18-9-8-17(22-12-10-18)16-3-2-11-21-16/h2-7,11,17H,8-10,12-13H2,1H3. The maximum absolute atomic E-state index is 12.7. The Kier molecular flexibility index (Phi) is 5.14. The number of sulfonamides is 1. The molecule has 1 fully saturated rings. The van der Waals surface area contributed by atoms with Gasteiger partial charge in [-0.1, -0.05) is 29.8 Å². The quantitative estimate of drug-likeness (QED) is 0.844. The highest BCUT2D eigenvalue weighted by Crippen LogP contribution is 2.35. The van der Waals surface area contributed by atoms with Crippen LogP contribution in [-0.2, 0) is 15.8 Å². The van der Waals surface area contributed by atoms with Gasteiger partial charge in [0.05, 0.1) is 17.3 Å². The molecule has 0 N–H and O–H groups in total. The SMILES string of the molecule is Cc1ccc(CS(=O)(=O)N2CCSC(c3ccco3)CC2)cc1. The topological polar surface area (TPSA) is 50.5 Å². The Labute approximate surface area is 141 Å². The lowest BCUT2D eigenvalue weighted by Crippen LogP contribution is -2.34. The van der Waals surface area contributed by atoms with Crippen molar-refractivity contribution < 1.29 is 12.8 Å². The lowest BCUT2D eigenvalue weighted by molar-refractivity contribution is 0.416. The van der Waals surface area contributed by atoms with E-state index >= 15 is 0 Å². The van der Waals surface area contributed by atoms with Crippen LogP contribution in [0.1, 0.15) is 28.6 Å². The molecule has 3 rings (SSSR count). The molecule has 0 spiro atoms. The minimum Gasteiger partial charge on any atom is -0.468 e. The van der Waals surface area contributed by atoms with Crippen LogP contribution < -0.4 is 0 Å². The molecule has 0 bridgehead atoms. The van der Waals surface area contributed by atoms with Crippen LogP contribution in [0.5, 0.6) is 0 Å². The van der Waals surface area contributed by atoms with E-state index in [1.165, 1.54) is 0 Å². The molecule has 1 atom stereocenters. The van der Waals surface area contributed by atoms with Crippen LogP contribution in [0.2, 0.25) is 0 Å². The van der Waals surface area contributed by atoms with Crippen LogP contribution in [-0.4, -0.2) is 31.6 Å². The van der Waals surface area contributed by atoms with Crippen LogP contribution in [0.15, 0.2) is 47.1 Å². The predicted octanol–water partition coefficient (Wildman–Crippen LogP) is 3.60. The fourth-order valence-electron chi connectivity index (χ4n) is 2.72. The smallest absolute Gasteiger partial charge is 0.218 e. The van der Waals surface area contributed by atoms with Gasteiger partial charge in [-0.05, 0) is 31.0 Å². The molecule has 0 aliphatic carbocycles. The van der Waals surface area contributed by atoms with Crippen LogP contribution in [0.25, 0.3) is 0 Å². The molecule has 1 unspecified atom stereocenters. The van der Waals surface area contributed by atoms with Gasteiger partial charge in [-0.2, -0.15) is 0 Å². The van der Waals surface area contributed by atoms with Crippen LogP contribution >= 0.6 is 11.8 Å². The maximum atomic E-state index is 12.7. The summed E-state index contributed by atoms with van der Waals surface area (Å²) >= 11 is 1.77. The summed E-state index contributed by atoms with van der Waals surface area (Å²) in [6.07, 6.45) is 2.46. The highest BCUT2D eigenvalue weighted by Gasteiger charge is 2.27. The Morgan fingerprint density at radius 1 is 1.22 bits per heavy atom. The number of benzene rings is 1. The first-order chi connectivity index (χ1) is 11.0. The van der Waals surface area contributed by atoms with Crippen molar-refractivity contribution in [3.05, 3.63) is 59.5 Å². The van der Waals surface area contributed by atoms with E-state index in [0.717, 1.165) is 29.1 Å². The van der Waals surface area contributed by atoms with Crippen molar-refractivity contribution in [1.29, 1.82) is 0 Å². The van der Waals surface area contributed by atoms with Gasteiger partial charge in [0.1, 0.15) is 5.76 Å². The fourth-order valence-corrected chi connectivity index (χ4v) is 5.56. The minimum absolute atomic E-state index is 0.0728. The second-order valence-electron chi connectivity index (χ2n) is 5.80. The summed E-state index contributed by atoms with van der Waals surface area (Å²) in [5.41, 5.74) is 1.98. The number of nitrogens with zero attached hydrogens (tertiary/aromatic N) is 1. The third kappa shape index (κ3) is 4.19. The number of rotatable bonds is 4. The van der Waals surface area contributed by atoms with Gasteiger partial charge in [0, 0.05) is 18.8 Å². The highest BCUT2D eigenvalue weighted by molar-refractivity contribution is 7.99. The molecule has 23 heavy (non-hydrogen) atoms. The zero-order chi connectivity index (χ0) is 16.3. The summed E-state index contributed by atoms with van der Waals surface area (Å²) < 4.78 is 32.5. The van der Waals surface area contributed by atoms with Crippen molar-refractivity contribution in [2.75, 3.05) is 18.8 Å². The summed E-state index contributed by atoms with van der Waals surface area (Å²) in [6.45, 7) is 3.11. The molecular formula is C17H21NO3S2. The Morgan fingerprint density at radius 3 is 2.70 bits per heavy atom. The number of aryl methyl sites for hydroxylation is 1. The second kappa shape index (κ2) is 7.11. The van der Waals surface area contributed by atoms with Gasteiger partial charge >= 0.3 is 0 Å². The number of furan rings is 1. The van der Waals surface area contributed by atoms with E-state index in [2.05, 4.69) is 0 Å². The predicted molar refractivity (Wildman–Crippen MR) is 93.9 cm³/mol. The first kappa shape index (κ1) is 16.6. The minimum atomic E-state index is -3.28. The summed E-state index contributed by atoms with van der Waals surface area (Å²) in [6, 6.07) is 11.5. The van der Waals surface area contributed by atoms with Gasteiger partial charge < -0.3 is 4.42 Å². The highest BCUT2D eigenvalue weighted by atomic mass is 32.2. The molecule has 1 aliphatic heterocycles. The third-order valence-electron chi connectivity index (χ3n) is 4.02. The Hall–Kier alpha value is -1.24. The molecule has 1 saturated heterocycles. The monoisotopic (exact) mass is 351 g/mol. The maximum Gasteiger partial charge on any atom is 0.218 e. The molecular weight excluding hydrogens is 330 g/mol. The first-order valence-corrected chi connectivity index (χ1v) is 10.4. The molecule has 1 aliphatic rings. The van der Waals surface area contributed by atoms with Gasteiger partial charge in [-0.3, -0.25) is 0 Å². The lowest BCUT2D eigenvalue weighted by Gasteiger charge is -2.20. The molecule has 0 radical (unpaired) electrons. The second-order valence-corrected chi connectivity index (χ2v) is 9.08. The van der Waals surface area contributed by atoms with Crippen molar-refractivity contribution in [3.8, 4) is 0 Å². The van der Waals surface area contributed by atoms with E-state index in [1.807, 2.05) is 43.3 Å². The zero-order valence-electron chi connectivity index (χ0n) is 13.1. The number of hydrogen-bond donors (Lipinski definition) is 0. The summed E-state index contributed by atoms with van der Waals surface area (Å²) in [5.74, 6) is 1.80. The molecule has 2 heterocycles. The Balaban J connectivity index is 1.67. The van der Waals surface area contributed by atoms with E-state index in [-0.39, 0.29) is 11.0 Å². The molecule has 0 saturated carbocycles. The fraction of sp³-hybridized carbons (Fsp3) is 0.412. The lowest BCUT2D eigenvalue weighted by atomic mass is 10.2. The normalized spacial score (nSPS) is 20.3. The van der Waals surface area contributed by atoms with Gasteiger partial charge in [-0.25, -0.2) is 12.7 Å². The van der Waals surface area contributed by atoms with E-state index < -0.39 is 10.0 Å². The van der Waals surface area contributed by atoms with Crippen molar-refractivity contribution in [2.45, 2.75) is 24.3 Å². The van der Waals surface area contributed by atoms with Crippen molar-refractivity contribution in [3.63, 3.8) is 0 Å². The van der Waals surface area contributed by atoms with Gasteiger partial charge in [0.15, 0.2) is 0 Å². The summed E-state index contributed by atoms with van der Waals surface area (Å²) in [5, 5.41) is 0.240. The largest absolute Gasteiger partial charge is 0.468 e. The van der Waals surface area contributed by atoms with Crippen LogP contribution in [0.3, 0.4) is 0 Å². The van der Waals surface area contributed by atoms with Crippen molar-refractivity contribution in [1.82, 2.24) is 4.31 Å². The average molecular weight is 351 g/mol. The number of thioether (sulfide) groups is 1. The van der Waals surface area contributed by atoms with E-state index in [9.17, 15) is 8.42 Å². The van der Waals surface area contributed by atoms with Crippen LogP contribution in [0.4, 0.5) is 0 Å². The first-order valence-electron chi connectivity index (χ1n) is 7.73. The molecule has 0 amide bonds. The molecule has 4 nitrogen and oxygen atoms in total. The summed E-state index contributed by atoms with van der Waals surface area (Å²) in [4.78, 5) is 0. The van der Waals surface area contributed by atoms with E-state index in [0.29, 0.717) is 13.1 Å².